The molecule has 0 aliphatic carbocycles. The molecule has 1 rings (SSSR count). The van der Waals surface area contributed by atoms with Crippen molar-refractivity contribution < 1.29 is 19.1 Å². The van der Waals surface area contributed by atoms with Gasteiger partial charge in [-0.25, -0.2) is 4.79 Å². The van der Waals surface area contributed by atoms with Crippen LogP contribution in [-0.2, 0) is 19.1 Å². The highest BCUT2D eigenvalue weighted by Crippen LogP contribution is 2.22. The Morgan fingerprint density at radius 2 is 1.94 bits per heavy atom. The lowest BCUT2D eigenvalue weighted by Crippen LogP contribution is -2.33. The Kier molecular flexibility index (Phi) is 5.85. The molecule has 0 saturated carbocycles. The van der Waals surface area contributed by atoms with Crippen molar-refractivity contribution in [2.24, 2.45) is 11.8 Å². The van der Waals surface area contributed by atoms with E-state index in [1.165, 1.54) is 13.2 Å². The molecule has 0 atom stereocenters. The number of carbonyl (C=O) groups is 2. The van der Waals surface area contributed by atoms with Gasteiger partial charge in [-0.1, -0.05) is 13.8 Å². The van der Waals surface area contributed by atoms with Gasteiger partial charge in [0, 0.05) is 36.8 Å². The highest BCUT2D eigenvalue weighted by Gasteiger charge is 2.21. The Morgan fingerprint density at radius 1 is 1.33 bits per heavy atom. The minimum absolute atomic E-state index is 0.0864. The normalized spacial score (nSPS) is 17.7. The number of allylic oxidation sites excluding steroid dienone is 1. The molecule has 0 aromatic carbocycles. The van der Waals surface area contributed by atoms with Crippen molar-refractivity contribution in [2.75, 3.05) is 20.3 Å². The maximum atomic E-state index is 11.7. The molecule has 5 nitrogen and oxygen atoms in total. The van der Waals surface area contributed by atoms with Gasteiger partial charge >= 0.3 is 5.97 Å². The van der Waals surface area contributed by atoms with Crippen LogP contribution in [0.25, 0.3) is 0 Å². The summed E-state index contributed by atoms with van der Waals surface area (Å²) in [5.74, 6) is -0.497. The van der Waals surface area contributed by atoms with Crippen molar-refractivity contribution in [3.8, 4) is 0 Å². The Balaban J connectivity index is 2.77. The van der Waals surface area contributed by atoms with Crippen molar-refractivity contribution in [1.82, 2.24) is 5.32 Å². The molecule has 0 unspecified atom stereocenters. The lowest BCUT2D eigenvalue weighted by Gasteiger charge is -2.25. The number of methoxy groups -OCH3 is 1. The van der Waals surface area contributed by atoms with E-state index < -0.39 is 5.97 Å². The average molecular weight is 255 g/mol. The number of rotatable bonds is 4. The van der Waals surface area contributed by atoms with Gasteiger partial charge in [-0.05, 0) is 12.8 Å². The summed E-state index contributed by atoms with van der Waals surface area (Å²) in [4.78, 5) is 23.1. The first-order chi connectivity index (χ1) is 8.54. The summed E-state index contributed by atoms with van der Waals surface area (Å²) in [5.41, 5.74) is 0.642. The predicted octanol–water partition coefficient (Wildman–Crippen LogP) is 1.24. The van der Waals surface area contributed by atoms with E-state index in [9.17, 15) is 9.59 Å². The van der Waals surface area contributed by atoms with Crippen LogP contribution in [0.2, 0.25) is 0 Å². The van der Waals surface area contributed by atoms with E-state index >= 15 is 0 Å². The van der Waals surface area contributed by atoms with Crippen LogP contribution in [0.3, 0.4) is 0 Å². The predicted molar refractivity (Wildman–Crippen MR) is 66.6 cm³/mol. The van der Waals surface area contributed by atoms with E-state index in [0.717, 1.165) is 12.8 Å². The van der Waals surface area contributed by atoms with Gasteiger partial charge < -0.3 is 14.8 Å². The number of nitrogens with one attached hydrogen (secondary N) is 1. The summed E-state index contributed by atoms with van der Waals surface area (Å²) >= 11 is 0. The molecule has 0 aromatic rings. The van der Waals surface area contributed by atoms with Gasteiger partial charge in [0.15, 0.2) is 0 Å². The molecule has 1 heterocycles. The van der Waals surface area contributed by atoms with Gasteiger partial charge in [0.25, 0.3) is 0 Å². The van der Waals surface area contributed by atoms with Crippen molar-refractivity contribution in [3.05, 3.63) is 11.8 Å². The zero-order valence-corrected chi connectivity index (χ0v) is 11.2. The maximum absolute atomic E-state index is 11.7. The van der Waals surface area contributed by atoms with Crippen molar-refractivity contribution in [3.63, 3.8) is 0 Å². The first kappa shape index (κ1) is 14.7. The molecule has 102 valence electrons. The Labute approximate surface area is 108 Å². The van der Waals surface area contributed by atoms with Crippen LogP contribution in [-0.4, -0.2) is 32.2 Å². The van der Waals surface area contributed by atoms with E-state index in [-0.39, 0.29) is 17.7 Å². The Bertz CT molecular complexity index is 330. The molecule has 1 aliphatic heterocycles. The quantitative estimate of drug-likeness (QED) is 0.606. The topological polar surface area (TPSA) is 64.6 Å². The lowest BCUT2D eigenvalue weighted by molar-refractivity contribution is -0.134. The average Bonchev–Trinajstić information content (AvgIpc) is 2.38. The zero-order valence-electron chi connectivity index (χ0n) is 11.2. The molecule has 0 spiro atoms. The maximum Gasteiger partial charge on any atom is 0.332 e. The van der Waals surface area contributed by atoms with Gasteiger partial charge in [-0.2, -0.15) is 0 Å². The molecule has 0 aromatic heterocycles. The SMILES string of the molecule is COC(=O)/C=C(/NC(=O)C(C)C)C1CCOCC1. The van der Waals surface area contributed by atoms with Crippen LogP contribution in [0.15, 0.2) is 11.8 Å². The highest BCUT2D eigenvalue weighted by atomic mass is 16.5. The molecule has 1 saturated heterocycles. The van der Waals surface area contributed by atoms with E-state index in [4.69, 9.17) is 4.74 Å². The minimum Gasteiger partial charge on any atom is -0.466 e. The summed E-state index contributed by atoms with van der Waals surface area (Å²) in [6.45, 7) is 4.94. The number of esters is 1. The first-order valence-corrected chi connectivity index (χ1v) is 6.22. The van der Waals surface area contributed by atoms with Gasteiger partial charge in [0.1, 0.15) is 0 Å². The number of ether oxygens (including phenoxy) is 2. The monoisotopic (exact) mass is 255 g/mol. The van der Waals surface area contributed by atoms with Crippen molar-refractivity contribution in [1.29, 1.82) is 0 Å². The summed E-state index contributed by atoms with van der Waals surface area (Å²) in [6.07, 6.45) is 2.98. The van der Waals surface area contributed by atoms with Crippen molar-refractivity contribution in [2.45, 2.75) is 26.7 Å². The van der Waals surface area contributed by atoms with Crippen LogP contribution < -0.4 is 5.32 Å². The molecular weight excluding hydrogens is 234 g/mol. The van der Waals surface area contributed by atoms with E-state index in [0.29, 0.717) is 18.9 Å². The van der Waals surface area contributed by atoms with Crippen LogP contribution in [0, 0.1) is 11.8 Å². The second kappa shape index (κ2) is 7.16. The molecule has 1 aliphatic rings. The fraction of sp³-hybridized carbons (Fsp3) is 0.692. The summed E-state index contributed by atoms with van der Waals surface area (Å²) in [7, 11) is 1.32. The third-order valence-electron chi connectivity index (χ3n) is 2.93. The van der Waals surface area contributed by atoms with E-state index in [2.05, 4.69) is 10.1 Å². The summed E-state index contributed by atoms with van der Waals surface area (Å²) in [6, 6.07) is 0. The third kappa shape index (κ3) is 4.49. The van der Waals surface area contributed by atoms with Crippen LogP contribution in [0.1, 0.15) is 26.7 Å². The smallest absolute Gasteiger partial charge is 0.332 e. The Morgan fingerprint density at radius 3 is 2.44 bits per heavy atom. The minimum atomic E-state index is -0.444. The standard InChI is InChI=1S/C13H21NO4/c1-9(2)13(16)14-11(8-12(15)17-3)10-4-6-18-7-5-10/h8-10H,4-7H2,1-3H3,(H,14,16)/b11-8+. The number of hydrogen-bond acceptors (Lipinski definition) is 4. The fourth-order valence-corrected chi connectivity index (χ4v) is 1.74. The van der Waals surface area contributed by atoms with E-state index in [1.807, 2.05) is 13.8 Å². The second-order valence-electron chi connectivity index (χ2n) is 4.65. The molecule has 5 heteroatoms. The zero-order chi connectivity index (χ0) is 13.5. The fourth-order valence-electron chi connectivity index (χ4n) is 1.74. The molecule has 18 heavy (non-hydrogen) atoms. The van der Waals surface area contributed by atoms with Crippen LogP contribution >= 0.6 is 0 Å². The van der Waals surface area contributed by atoms with E-state index in [1.54, 1.807) is 0 Å². The van der Waals surface area contributed by atoms with Gasteiger partial charge in [0.05, 0.1) is 7.11 Å². The molecule has 0 radical (unpaired) electrons. The largest absolute Gasteiger partial charge is 0.466 e. The number of amides is 1. The molecule has 1 N–H and O–H groups in total. The Hall–Kier alpha value is -1.36. The number of hydrogen-bond donors (Lipinski definition) is 1. The summed E-state index contributed by atoms with van der Waals surface area (Å²) < 4.78 is 9.89. The van der Waals surface area contributed by atoms with Crippen molar-refractivity contribution >= 4 is 11.9 Å². The molecule has 1 fully saturated rings. The van der Waals surface area contributed by atoms with Gasteiger partial charge in [-0.15, -0.1) is 0 Å². The molecular formula is C13H21NO4. The third-order valence-corrected chi connectivity index (χ3v) is 2.93. The first-order valence-electron chi connectivity index (χ1n) is 6.22. The van der Waals surface area contributed by atoms with Gasteiger partial charge in [-0.3, -0.25) is 4.79 Å². The molecule has 1 amide bonds. The summed E-state index contributed by atoms with van der Waals surface area (Å²) in [5, 5.41) is 2.82. The van der Waals surface area contributed by atoms with Crippen LogP contribution in [0.4, 0.5) is 0 Å². The van der Waals surface area contributed by atoms with Gasteiger partial charge in [0.2, 0.25) is 5.91 Å². The number of carbonyl (C=O) groups excluding carboxylic acids is 2. The lowest BCUT2D eigenvalue weighted by atomic mass is 9.95. The molecule has 0 bridgehead atoms. The highest BCUT2D eigenvalue weighted by molar-refractivity contribution is 5.85. The second-order valence-corrected chi connectivity index (χ2v) is 4.65. The van der Waals surface area contributed by atoms with Crippen LogP contribution in [0.5, 0.6) is 0 Å².